The Labute approximate surface area is 90.4 Å². The Morgan fingerprint density at radius 2 is 2.20 bits per heavy atom. The lowest BCUT2D eigenvalue weighted by Crippen LogP contribution is -2.36. The average Bonchev–Trinajstić information content (AvgIpc) is 2.29. The standard InChI is InChI=1S/C13H17NO/c15-13-5-1-3-9-10-4-2-8-14-12(10)7-6-11(9)13/h2,4,8-9,11,13,15H,1,3,5-7H2/p+1. The van der Waals surface area contributed by atoms with Gasteiger partial charge in [0.1, 0.15) is 0 Å². The number of H-pyrrole nitrogens is 1. The number of aliphatic hydroxyl groups is 1. The molecule has 2 nitrogen and oxygen atoms in total. The highest BCUT2D eigenvalue weighted by Crippen LogP contribution is 2.43. The number of aromatic amines is 1. The number of hydrogen-bond acceptors (Lipinski definition) is 1. The fourth-order valence-corrected chi connectivity index (χ4v) is 3.38. The van der Waals surface area contributed by atoms with Crippen LogP contribution in [0.1, 0.15) is 42.9 Å². The highest BCUT2D eigenvalue weighted by molar-refractivity contribution is 5.25. The van der Waals surface area contributed by atoms with E-state index in [1.165, 1.54) is 24.1 Å². The molecule has 15 heavy (non-hydrogen) atoms. The minimum absolute atomic E-state index is 0.0582. The Hall–Kier alpha value is -0.890. The molecule has 80 valence electrons. The molecule has 1 heterocycles. The van der Waals surface area contributed by atoms with E-state index < -0.39 is 0 Å². The molecule has 3 unspecified atom stereocenters. The van der Waals surface area contributed by atoms with E-state index in [1.807, 2.05) is 6.20 Å². The van der Waals surface area contributed by atoms with Crippen LogP contribution in [0.15, 0.2) is 18.3 Å². The number of aromatic nitrogens is 1. The molecule has 2 aliphatic carbocycles. The van der Waals surface area contributed by atoms with Crippen LogP contribution in [0, 0.1) is 5.92 Å². The van der Waals surface area contributed by atoms with Gasteiger partial charge in [0.25, 0.3) is 0 Å². The summed E-state index contributed by atoms with van der Waals surface area (Å²) in [6.45, 7) is 0. The second-order valence-electron chi connectivity index (χ2n) is 4.91. The van der Waals surface area contributed by atoms with E-state index in [4.69, 9.17) is 0 Å². The first-order valence-corrected chi connectivity index (χ1v) is 6.04. The third-order valence-electron chi connectivity index (χ3n) is 4.13. The lowest BCUT2D eigenvalue weighted by Gasteiger charge is -2.38. The van der Waals surface area contributed by atoms with Gasteiger partial charge < -0.3 is 5.11 Å². The molecule has 0 aromatic carbocycles. The SMILES string of the molecule is OC1CCCC2c3ccc[nH+]c3CCC12. The first-order chi connectivity index (χ1) is 7.36. The van der Waals surface area contributed by atoms with Gasteiger partial charge in [-0.25, -0.2) is 4.98 Å². The Balaban J connectivity index is 1.99. The van der Waals surface area contributed by atoms with Crippen molar-refractivity contribution in [1.29, 1.82) is 0 Å². The van der Waals surface area contributed by atoms with Gasteiger partial charge in [-0.3, -0.25) is 0 Å². The number of hydrogen-bond donors (Lipinski definition) is 1. The van der Waals surface area contributed by atoms with Crippen LogP contribution in [0.2, 0.25) is 0 Å². The highest BCUT2D eigenvalue weighted by atomic mass is 16.3. The van der Waals surface area contributed by atoms with Crippen LogP contribution < -0.4 is 4.98 Å². The number of fused-ring (bicyclic) bond motifs is 3. The average molecular weight is 204 g/mol. The van der Waals surface area contributed by atoms with Gasteiger partial charge in [0.2, 0.25) is 0 Å². The van der Waals surface area contributed by atoms with E-state index in [2.05, 4.69) is 17.1 Å². The molecule has 1 fully saturated rings. The molecule has 1 aromatic rings. The first kappa shape index (κ1) is 9.34. The normalized spacial score (nSPS) is 34.3. The van der Waals surface area contributed by atoms with Gasteiger partial charge >= 0.3 is 0 Å². The zero-order chi connectivity index (χ0) is 10.3. The summed E-state index contributed by atoms with van der Waals surface area (Å²) >= 11 is 0. The maximum absolute atomic E-state index is 10.0. The van der Waals surface area contributed by atoms with Gasteiger partial charge in [0.15, 0.2) is 11.9 Å². The second kappa shape index (κ2) is 3.60. The summed E-state index contributed by atoms with van der Waals surface area (Å²) in [6, 6.07) is 4.32. The van der Waals surface area contributed by atoms with Gasteiger partial charge in [0, 0.05) is 18.1 Å². The highest BCUT2D eigenvalue weighted by Gasteiger charge is 2.38. The number of rotatable bonds is 0. The van der Waals surface area contributed by atoms with Gasteiger partial charge in [-0.05, 0) is 37.2 Å². The summed E-state index contributed by atoms with van der Waals surface area (Å²) in [5.41, 5.74) is 2.86. The molecule has 1 aromatic heterocycles. The van der Waals surface area contributed by atoms with Crippen molar-refractivity contribution in [3.05, 3.63) is 29.6 Å². The fourth-order valence-electron chi connectivity index (χ4n) is 3.38. The third kappa shape index (κ3) is 1.48. The van der Waals surface area contributed by atoms with Crippen molar-refractivity contribution in [1.82, 2.24) is 0 Å². The molecular formula is C13H18NO+. The number of aliphatic hydroxyl groups excluding tert-OH is 1. The van der Waals surface area contributed by atoms with Crippen molar-refractivity contribution in [2.24, 2.45) is 5.92 Å². The molecule has 2 N–H and O–H groups in total. The summed E-state index contributed by atoms with van der Waals surface area (Å²) in [6.07, 6.45) is 7.65. The molecule has 0 radical (unpaired) electrons. The van der Waals surface area contributed by atoms with E-state index in [-0.39, 0.29) is 6.10 Å². The number of aryl methyl sites for hydroxylation is 1. The monoisotopic (exact) mass is 204 g/mol. The maximum atomic E-state index is 10.0. The molecule has 0 bridgehead atoms. The number of nitrogens with one attached hydrogen (secondary N) is 1. The van der Waals surface area contributed by atoms with Gasteiger partial charge in [-0.15, -0.1) is 0 Å². The summed E-state index contributed by atoms with van der Waals surface area (Å²) in [4.78, 5) is 3.36. The fraction of sp³-hybridized carbons (Fsp3) is 0.615. The van der Waals surface area contributed by atoms with Crippen LogP contribution in [0.25, 0.3) is 0 Å². The molecule has 3 rings (SSSR count). The van der Waals surface area contributed by atoms with Crippen molar-refractivity contribution in [2.45, 2.75) is 44.1 Å². The zero-order valence-corrected chi connectivity index (χ0v) is 8.95. The summed E-state index contributed by atoms with van der Waals surface area (Å²) in [5.74, 6) is 1.12. The predicted molar refractivity (Wildman–Crippen MR) is 57.4 cm³/mol. The molecule has 3 atom stereocenters. The van der Waals surface area contributed by atoms with Gasteiger partial charge in [-0.2, -0.15) is 0 Å². The van der Waals surface area contributed by atoms with Crippen LogP contribution in [-0.4, -0.2) is 11.2 Å². The minimum atomic E-state index is -0.0582. The van der Waals surface area contributed by atoms with E-state index in [9.17, 15) is 5.11 Å². The Morgan fingerprint density at radius 1 is 1.27 bits per heavy atom. The van der Waals surface area contributed by atoms with Crippen molar-refractivity contribution in [2.75, 3.05) is 0 Å². The lowest BCUT2D eigenvalue weighted by molar-refractivity contribution is -0.392. The molecule has 0 spiro atoms. The van der Waals surface area contributed by atoms with E-state index in [1.54, 1.807) is 0 Å². The summed E-state index contributed by atoms with van der Waals surface area (Å²) < 4.78 is 0. The number of pyridine rings is 1. The Kier molecular flexibility index (Phi) is 2.24. The first-order valence-electron chi connectivity index (χ1n) is 6.04. The van der Waals surface area contributed by atoms with Crippen LogP contribution in [0.4, 0.5) is 0 Å². The van der Waals surface area contributed by atoms with Crippen molar-refractivity contribution in [3.63, 3.8) is 0 Å². The van der Waals surface area contributed by atoms with Gasteiger partial charge in [-0.1, -0.05) is 6.42 Å². The van der Waals surface area contributed by atoms with Crippen LogP contribution in [-0.2, 0) is 6.42 Å². The largest absolute Gasteiger partial charge is 0.393 e. The molecular weight excluding hydrogens is 186 g/mol. The van der Waals surface area contributed by atoms with Crippen LogP contribution in [0.5, 0.6) is 0 Å². The molecule has 0 amide bonds. The molecule has 2 heteroatoms. The smallest absolute Gasteiger partial charge is 0.183 e. The minimum Gasteiger partial charge on any atom is -0.393 e. The van der Waals surface area contributed by atoms with Crippen molar-refractivity contribution >= 4 is 0 Å². The Bertz CT molecular complexity index is 363. The zero-order valence-electron chi connectivity index (χ0n) is 8.95. The van der Waals surface area contributed by atoms with E-state index >= 15 is 0 Å². The van der Waals surface area contributed by atoms with Crippen LogP contribution >= 0.6 is 0 Å². The second-order valence-corrected chi connectivity index (χ2v) is 4.91. The topological polar surface area (TPSA) is 34.4 Å². The Morgan fingerprint density at radius 3 is 3.13 bits per heavy atom. The van der Waals surface area contributed by atoms with Crippen molar-refractivity contribution in [3.8, 4) is 0 Å². The van der Waals surface area contributed by atoms with E-state index in [0.29, 0.717) is 11.8 Å². The molecule has 1 saturated carbocycles. The maximum Gasteiger partial charge on any atom is 0.183 e. The molecule has 2 aliphatic rings. The predicted octanol–water partition coefficient (Wildman–Crippen LogP) is 1.69. The lowest BCUT2D eigenvalue weighted by atomic mass is 9.68. The molecule has 0 saturated heterocycles. The van der Waals surface area contributed by atoms with E-state index in [0.717, 1.165) is 19.3 Å². The summed E-state index contributed by atoms with van der Waals surface area (Å²) in [7, 11) is 0. The quantitative estimate of drug-likeness (QED) is 0.685. The summed E-state index contributed by atoms with van der Waals surface area (Å²) in [5, 5.41) is 10.0. The van der Waals surface area contributed by atoms with Crippen molar-refractivity contribution < 1.29 is 10.1 Å². The van der Waals surface area contributed by atoms with Gasteiger partial charge in [0.05, 0.1) is 6.10 Å². The van der Waals surface area contributed by atoms with Crippen LogP contribution in [0.3, 0.4) is 0 Å². The molecule has 0 aliphatic heterocycles. The third-order valence-corrected chi connectivity index (χ3v) is 4.13.